The number of carbonyl (C=O) groups is 1. The zero-order chi connectivity index (χ0) is 13.4. The Morgan fingerprint density at radius 2 is 2.17 bits per heavy atom. The second-order valence-electron chi connectivity index (χ2n) is 4.36. The molecule has 0 aliphatic carbocycles. The highest BCUT2D eigenvalue weighted by Gasteiger charge is 2.15. The molecule has 0 atom stereocenters. The van der Waals surface area contributed by atoms with Gasteiger partial charge in [-0.05, 0) is 25.5 Å². The van der Waals surface area contributed by atoms with Crippen molar-refractivity contribution >= 4 is 11.7 Å². The Labute approximate surface area is 109 Å². The zero-order valence-electron chi connectivity index (χ0n) is 11.6. The minimum absolute atomic E-state index is 0.0372. The molecule has 4 heteroatoms. The van der Waals surface area contributed by atoms with Crippen LogP contribution < -0.4 is 5.32 Å². The smallest absolute Gasteiger partial charge is 0.257 e. The van der Waals surface area contributed by atoms with Gasteiger partial charge in [0.1, 0.15) is 5.82 Å². The Morgan fingerprint density at radius 1 is 1.39 bits per heavy atom. The number of hydrogen-bond acceptors (Lipinski definition) is 3. The Kier molecular flexibility index (Phi) is 6.19. The molecule has 0 bridgehead atoms. The van der Waals surface area contributed by atoms with Gasteiger partial charge in [0.05, 0.1) is 5.56 Å². The molecule has 4 nitrogen and oxygen atoms in total. The normalized spacial score (nSPS) is 10.2. The van der Waals surface area contributed by atoms with E-state index in [1.807, 2.05) is 20.0 Å². The van der Waals surface area contributed by atoms with E-state index < -0.39 is 0 Å². The minimum Gasteiger partial charge on any atom is -0.370 e. The third-order valence-electron chi connectivity index (χ3n) is 2.83. The summed E-state index contributed by atoms with van der Waals surface area (Å²) < 4.78 is 0. The quantitative estimate of drug-likeness (QED) is 0.756. The molecule has 1 N–H and O–H groups in total. The van der Waals surface area contributed by atoms with Crippen LogP contribution in [-0.2, 0) is 0 Å². The Hall–Kier alpha value is -1.58. The fourth-order valence-corrected chi connectivity index (χ4v) is 1.79. The summed E-state index contributed by atoms with van der Waals surface area (Å²) in [7, 11) is 1.85. The number of anilines is 1. The second-order valence-corrected chi connectivity index (χ2v) is 4.36. The molecule has 1 aromatic heterocycles. The number of hydrogen-bond donors (Lipinski definition) is 1. The third kappa shape index (κ3) is 4.02. The lowest BCUT2D eigenvalue weighted by atomic mass is 10.2. The van der Waals surface area contributed by atoms with Gasteiger partial charge in [-0.15, -0.1) is 0 Å². The van der Waals surface area contributed by atoms with Crippen LogP contribution in [0.25, 0.3) is 0 Å². The molecule has 1 amide bonds. The average molecular weight is 249 g/mol. The maximum absolute atomic E-state index is 12.3. The molecule has 1 heterocycles. The first-order valence-electron chi connectivity index (χ1n) is 6.65. The number of nitrogens with one attached hydrogen (secondary N) is 1. The number of rotatable bonds is 7. The summed E-state index contributed by atoms with van der Waals surface area (Å²) in [6.07, 6.45) is 5.07. The molecule has 0 radical (unpaired) electrons. The Bertz CT molecular complexity index is 379. The third-order valence-corrected chi connectivity index (χ3v) is 2.83. The van der Waals surface area contributed by atoms with Gasteiger partial charge in [-0.25, -0.2) is 4.98 Å². The van der Waals surface area contributed by atoms with Gasteiger partial charge in [0.25, 0.3) is 5.91 Å². The molecule has 1 aromatic rings. The molecule has 1 rings (SSSR count). The van der Waals surface area contributed by atoms with Gasteiger partial charge in [-0.3, -0.25) is 4.79 Å². The molecular formula is C14H23N3O. The van der Waals surface area contributed by atoms with Gasteiger partial charge >= 0.3 is 0 Å². The van der Waals surface area contributed by atoms with Crippen LogP contribution in [0, 0.1) is 0 Å². The molecule has 18 heavy (non-hydrogen) atoms. The summed E-state index contributed by atoms with van der Waals surface area (Å²) >= 11 is 0. The van der Waals surface area contributed by atoms with Crippen LogP contribution in [-0.4, -0.2) is 35.9 Å². The molecule has 0 unspecified atom stereocenters. The van der Waals surface area contributed by atoms with E-state index in [4.69, 9.17) is 0 Å². The van der Waals surface area contributed by atoms with E-state index in [-0.39, 0.29) is 5.91 Å². The highest BCUT2D eigenvalue weighted by molar-refractivity contribution is 5.98. The maximum atomic E-state index is 12.3. The number of aromatic nitrogens is 1. The van der Waals surface area contributed by atoms with Crippen LogP contribution in [0.4, 0.5) is 5.82 Å². The van der Waals surface area contributed by atoms with Gasteiger partial charge in [0.15, 0.2) is 0 Å². The molecule has 0 aliphatic rings. The SMILES string of the molecule is CCCCCN(C)C(=O)c1cccnc1NCC. The first-order valence-corrected chi connectivity index (χ1v) is 6.65. The summed E-state index contributed by atoms with van der Waals surface area (Å²) in [6.45, 7) is 5.71. The number of amides is 1. The van der Waals surface area contributed by atoms with E-state index in [0.29, 0.717) is 11.4 Å². The van der Waals surface area contributed by atoms with E-state index in [1.165, 1.54) is 0 Å². The topological polar surface area (TPSA) is 45.2 Å². The summed E-state index contributed by atoms with van der Waals surface area (Å²) in [6, 6.07) is 3.62. The summed E-state index contributed by atoms with van der Waals surface area (Å²) in [4.78, 5) is 18.3. The number of nitrogens with zero attached hydrogens (tertiary/aromatic N) is 2. The fraction of sp³-hybridized carbons (Fsp3) is 0.571. The fourth-order valence-electron chi connectivity index (χ4n) is 1.79. The van der Waals surface area contributed by atoms with E-state index >= 15 is 0 Å². The van der Waals surface area contributed by atoms with Crippen molar-refractivity contribution < 1.29 is 4.79 Å². The van der Waals surface area contributed by atoms with Gasteiger partial charge in [-0.2, -0.15) is 0 Å². The molecule has 0 aliphatic heterocycles. The largest absolute Gasteiger partial charge is 0.370 e. The molecule has 0 aromatic carbocycles. The molecule has 0 fully saturated rings. The maximum Gasteiger partial charge on any atom is 0.257 e. The predicted octanol–water partition coefficient (Wildman–Crippen LogP) is 2.78. The van der Waals surface area contributed by atoms with Gasteiger partial charge in [0, 0.05) is 26.3 Å². The number of unbranched alkanes of at least 4 members (excludes halogenated alkanes) is 2. The van der Waals surface area contributed by atoms with Crippen LogP contribution >= 0.6 is 0 Å². The van der Waals surface area contributed by atoms with Crippen LogP contribution in [0.3, 0.4) is 0 Å². The van der Waals surface area contributed by atoms with Crippen molar-refractivity contribution in [2.24, 2.45) is 0 Å². The van der Waals surface area contributed by atoms with Crippen LogP contribution in [0.5, 0.6) is 0 Å². The van der Waals surface area contributed by atoms with E-state index in [9.17, 15) is 4.79 Å². The highest BCUT2D eigenvalue weighted by Crippen LogP contribution is 2.13. The second kappa shape index (κ2) is 7.69. The van der Waals surface area contributed by atoms with Crippen molar-refractivity contribution in [2.75, 3.05) is 25.5 Å². The van der Waals surface area contributed by atoms with E-state index in [1.54, 1.807) is 17.2 Å². The molecule has 0 spiro atoms. The minimum atomic E-state index is 0.0372. The average Bonchev–Trinajstić information content (AvgIpc) is 2.39. The van der Waals surface area contributed by atoms with Crippen molar-refractivity contribution in [3.8, 4) is 0 Å². The number of pyridine rings is 1. The lowest BCUT2D eigenvalue weighted by Crippen LogP contribution is -2.28. The van der Waals surface area contributed by atoms with Crippen LogP contribution in [0.15, 0.2) is 18.3 Å². The predicted molar refractivity (Wildman–Crippen MR) is 74.9 cm³/mol. The van der Waals surface area contributed by atoms with Crippen molar-refractivity contribution in [1.29, 1.82) is 0 Å². The summed E-state index contributed by atoms with van der Waals surface area (Å²) in [5.74, 6) is 0.711. The molecule has 100 valence electrons. The first-order chi connectivity index (χ1) is 8.70. The van der Waals surface area contributed by atoms with E-state index in [0.717, 1.165) is 32.4 Å². The summed E-state index contributed by atoms with van der Waals surface area (Å²) in [5.41, 5.74) is 0.651. The highest BCUT2D eigenvalue weighted by atomic mass is 16.2. The Morgan fingerprint density at radius 3 is 2.83 bits per heavy atom. The van der Waals surface area contributed by atoms with Gasteiger partial charge in [0.2, 0.25) is 0 Å². The van der Waals surface area contributed by atoms with E-state index in [2.05, 4.69) is 17.2 Å². The Balaban J connectivity index is 2.70. The molecule has 0 saturated heterocycles. The molecule has 0 saturated carbocycles. The standard InChI is InChI=1S/C14H23N3O/c1-4-6-7-11-17(3)14(18)12-9-8-10-16-13(12)15-5-2/h8-10H,4-7,11H2,1-3H3,(H,15,16). The summed E-state index contributed by atoms with van der Waals surface area (Å²) in [5, 5.41) is 3.12. The zero-order valence-corrected chi connectivity index (χ0v) is 11.6. The first kappa shape index (κ1) is 14.5. The lowest BCUT2D eigenvalue weighted by Gasteiger charge is -2.18. The van der Waals surface area contributed by atoms with Crippen LogP contribution in [0.2, 0.25) is 0 Å². The molecular weight excluding hydrogens is 226 g/mol. The van der Waals surface area contributed by atoms with Gasteiger partial charge in [-0.1, -0.05) is 19.8 Å². The monoisotopic (exact) mass is 249 g/mol. The van der Waals surface area contributed by atoms with Crippen LogP contribution in [0.1, 0.15) is 43.5 Å². The van der Waals surface area contributed by atoms with Crippen molar-refractivity contribution in [3.05, 3.63) is 23.9 Å². The lowest BCUT2D eigenvalue weighted by molar-refractivity contribution is 0.0793. The number of carbonyl (C=O) groups excluding carboxylic acids is 1. The van der Waals surface area contributed by atoms with Gasteiger partial charge < -0.3 is 10.2 Å². The van der Waals surface area contributed by atoms with Crippen molar-refractivity contribution in [2.45, 2.75) is 33.1 Å². The van der Waals surface area contributed by atoms with Crippen molar-refractivity contribution in [1.82, 2.24) is 9.88 Å². The van der Waals surface area contributed by atoms with Crippen molar-refractivity contribution in [3.63, 3.8) is 0 Å².